The minimum absolute atomic E-state index is 0.150. The van der Waals surface area contributed by atoms with Crippen molar-refractivity contribution < 1.29 is 13.2 Å². The molecule has 2 nitrogen and oxygen atoms in total. The molecule has 1 aromatic carbocycles. The summed E-state index contributed by atoms with van der Waals surface area (Å²) in [6, 6.07) is 6.99. The van der Waals surface area contributed by atoms with Crippen molar-refractivity contribution in [2.75, 3.05) is 0 Å². The summed E-state index contributed by atoms with van der Waals surface area (Å²) < 4.78 is 36.8. The van der Waals surface area contributed by atoms with Crippen molar-refractivity contribution in [3.8, 4) is 0 Å². The average Bonchev–Trinajstić information content (AvgIpc) is 2.04. The number of rotatable bonds is 1. The molecule has 0 saturated heterocycles. The Hall–Kier alpha value is -1.07. The molecule has 72 valence electrons. The van der Waals surface area contributed by atoms with Crippen LogP contribution >= 0.6 is 0 Å². The van der Waals surface area contributed by atoms with Gasteiger partial charge in [-0.25, -0.2) is 0 Å². The molecule has 0 saturated carbocycles. The summed E-state index contributed by atoms with van der Waals surface area (Å²) in [7, 11) is 0. The highest BCUT2D eigenvalue weighted by Crippen LogP contribution is 2.31. The zero-order valence-electron chi connectivity index (χ0n) is 6.68. The molecule has 0 bridgehead atoms. The third-order valence-electron chi connectivity index (χ3n) is 1.72. The van der Waals surface area contributed by atoms with Gasteiger partial charge < -0.3 is 11.5 Å². The van der Waals surface area contributed by atoms with Crippen LogP contribution < -0.4 is 11.5 Å². The highest BCUT2D eigenvalue weighted by molar-refractivity contribution is 5.24. The van der Waals surface area contributed by atoms with Gasteiger partial charge in [0, 0.05) is 0 Å². The average molecular weight is 190 g/mol. The lowest BCUT2D eigenvalue weighted by atomic mass is 10.0. The summed E-state index contributed by atoms with van der Waals surface area (Å²) in [5.74, 6) is 0. The smallest absolute Gasteiger partial charge is 0.302 e. The summed E-state index contributed by atoms with van der Waals surface area (Å²) in [5.41, 5.74) is 7.02. The van der Waals surface area contributed by atoms with Crippen LogP contribution in [-0.4, -0.2) is 6.18 Å². The molecular weight excluding hydrogens is 181 g/mol. The van der Waals surface area contributed by atoms with Crippen molar-refractivity contribution in [1.82, 2.24) is 0 Å². The highest BCUT2D eigenvalue weighted by Gasteiger charge is 2.50. The molecule has 0 spiro atoms. The van der Waals surface area contributed by atoms with Gasteiger partial charge in [-0.15, -0.1) is 0 Å². The Labute approximate surface area is 73.3 Å². The van der Waals surface area contributed by atoms with Gasteiger partial charge in [-0.2, -0.15) is 13.2 Å². The Balaban J connectivity index is 3.08. The van der Waals surface area contributed by atoms with E-state index in [2.05, 4.69) is 0 Å². The largest absolute Gasteiger partial charge is 0.423 e. The highest BCUT2D eigenvalue weighted by atomic mass is 19.4. The molecule has 0 heterocycles. The standard InChI is InChI=1S/C8H9F3N2/c9-8(10,11)7(12,13)6-4-2-1-3-5-6/h1-5H,12-13H2. The Morgan fingerprint density at radius 2 is 1.38 bits per heavy atom. The monoisotopic (exact) mass is 190 g/mol. The van der Waals surface area contributed by atoms with Crippen LogP contribution in [0.3, 0.4) is 0 Å². The van der Waals surface area contributed by atoms with Gasteiger partial charge in [-0.3, -0.25) is 0 Å². The predicted molar refractivity (Wildman–Crippen MR) is 42.5 cm³/mol. The first-order chi connectivity index (χ1) is 5.86. The van der Waals surface area contributed by atoms with Gasteiger partial charge in [0.05, 0.1) is 0 Å². The Morgan fingerprint density at radius 1 is 0.923 bits per heavy atom. The first-order valence-electron chi connectivity index (χ1n) is 3.55. The molecule has 0 aliphatic carbocycles. The molecule has 0 aromatic heterocycles. The Bertz CT molecular complexity index is 279. The molecule has 0 atom stereocenters. The Kier molecular flexibility index (Phi) is 2.32. The summed E-state index contributed by atoms with van der Waals surface area (Å²) >= 11 is 0. The number of hydrogen-bond acceptors (Lipinski definition) is 2. The predicted octanol–water partition coefficient (Wildman–Crippen LogP) is 1.32. The molecule has 1 rings (SSSR count). The molecule has 0 aliphatic heterocycles. The van der Waals surface area contributed by atoms with E-state index in [1.807, 2.05) is 0 Å². The van der Waals surface area contributed by atoms with Crippen molar-refractivity contribution in [2.45, 2.75) is 11.8 Å². The number of halogens is 3. The van der Waals surface area contributed by atoms with Crippen molar-refractivity contribution in [3.05, 3.63) is 35.9 Å². The SMILES string of the molecule is NC(N)(c1ccccc1)C(F)(F)F. The van der Waals surface area contributed by atoms with E-state index in [9.17, 15) is 13.2 Å². The summed E-state index contributed by atoms with van der Waals surface area (Å²) in [6.45, 7) is 0. The lowest BCUT2D eigenvalue weighted by molar-refractivity contribution is -0.188. The van der Waals surface area contributed by atoms with E-state index < -0.39 is 11.8 Å². The fraction of sp³-hybridized carbons (Fsp3) is 0.250. The van der Waals surface area contributed by atoms with Crippen molar-refractivity contribution >= 4 is 0 Å². The number of alkyl halides is 3. The molecule has 13 heavy (non-hydrogen) atoms. The van der Waals surface area contributed by atoms with Gasteiger partial charge in [0.1, 0.15) is 0 Å². The van der Waals surface area contributed by atoms with Crippen LogP contribution in [0.15, 0.2) is 30.3 Å². The van der Waals surface area contributed by atoms with Gasteiger partial charge in [0.25, 0.3) is 0 Å². The second kappa shape index (κ2) is 3.01. The van der Waals surface area contributed by atoms with Crippen LogP contribution in [0.5, 0.6) is 0 Å². The van der Waals surface area contributed by atoms with Gasteiger partial charge in [-0.1, -0.05) is 30.3 Å². The second-order valence-electron chi connectivity index (χ2n) is 2.73. The lowest BCUT2D eigenvalue weighted by Crippen LogP contribution is -2.57. The number of benzene rings is 1. The minimum atomic E-state index is -4.64. The maximum absolute atomic E-state index is 12.3. The van der Waals surface area contributed by atoms with Crippen molar-refractivity contribution in [3.63, 3.8) is 0 Å². The van der Waals surface area contributed by atoms with Crippen LogP contribution in [0.4, 0.5) is 13.2 Å². The molecule has 5 heteroatoms. The normalized spacial score (nSPS) is 13.0. The van der Waals surface area contributed by atoms with E-state index >= 15 is 0 Å². The minimum Gasteiger partial charge on any atom is -0.302 e. The van der Waals surface area contributed by atoms with Crippen LogP contribution in [0.2, 0.25) is 0 Å². The van der Waals surface area contributed by atoms with E-state index in [0.29, 0.717) is 0 Å². The Morgan fingerprint density at radius 3 is 1.77 bits per heavy atom. The lowest BCUT2D eigenvalue weighted by Gasteiger charge is -2.27. The maximum atomic E-state index is 12.3. The van der Waals surface area contributed by atoms with Gasteiger partial charge in [0.2, 0.25) is 0 Å². The summed E-state index contributed by atoms with van der Waals surface area (Å²) in [5, 5.41) is 0. The number of hydrogen-bond donors (Lipinski definition) is 2. The van der Waals surface area contributed by atoms with E-state index in [0.717, 1.165) is 0 Å². The second-order valence-corrected chi connectivity index (χ2v) is 2.73. The van der Waals surface area contributed by atoms with Crippen LogP contribution in [0.25, 0.3) is 0 Å². The van der Waals surface area contributed by atoms with E-state index in [4.69, 9.17) is 11.5 Å². The van der Waals surface area contributed by atoms with Crippen molar-refractivity contribution in [2.24, 2.45) is 11.5 Å². The first kappa shape index (κ1) is 10.0. The van der Waals surface area contributed by atoms with E-state index in [1.54, 1.807) is 6.07 Å². The molecular formula is C8H9F3N2. The number of nitrogens with two attached hydrogens (primary N) is 2. The van der Waals surface area contributed by atoms with Crippen LogP contribution in [0.1, 0.15) is 5.56 Å². The maximum Gasteiger partial charge on any atom is 0.423 e. The zero-order chi connectivity index (χ0) is 10.1. The fourth-order valence-electron chi connectivity index (χ4n) is 0.878. The van der Waals surface area contributed by atoms with Gasteiger partial charge >= 0.3 is 6.18 Å². The topological polar surface area (TPSA) is 52.0 Å². The quantitative estimate of drug-likeness (QED) is 0.656. The molecule has 0 amide bonds. The first-order valence-corrected chi connectivity index (χ1v) is 3.55. The molecule has 0 fully saturated rings. The van der Waals surface area contributed by atoms with Gasteiger partial charge in [-0.05, 0) is 5.56 Å². The summed E-state index contributed by atoms with van der Waals surface area (Å²) in [6.07, 6.45) is -4.64. The molecule has 4 N–H and O–H groups in total. The van der Waals surface area contributed by atoms with Gasteiger partial charge in [0.15, 0.2) is 5.66 Å². The molecule has 1 aromatic rings. The zero-order valence-corrected chi connectivity index (χ0v) is 6.68. The van der Waals surface area contributed by atoms with E-state index in [1.165, 1.54) is 24.3 Å². The molecule has 0 unspecified atom stereocenters. The van der Waals surface area contributed by atoms with Crippen LogP contribution in [0, 0.1) is 0 Å². The van der Waals surface area contributed by atoms with E-state index in [-0.39, 0.29) is 5.56 Å². The fourth-order valence-corrected chi connectivity index (χ4v) is 0.878. The summed E-state index contributed by atoms with van der Waals surface area (Å²) in [4.78, 5) is 0. The van der Waals surface area contributed by atoms with Crippen molar-refractivity contribution in [1.29, 1.82) is 0 Å². The molecule has 0 radical (unpaired) electrons. The van der Waals surface area contributed by atoms with Crippen LogP contribution in [-0.2, 0) is 5.66 Å². The third kappa shape index (κ3) is 1.81. The third-order valence-corrected chi connectivity index (χ3v) is 1.72. The molecule has 0 aliphatic rings.